The van der Waals surface area contributed by atoms with Crippen molar-refractivity contribution in [2.75, 3.05) is 25.1 Å². The molecule has 1 amide bonds. The van der Waals surface area contributed by atoms with Crippen molar-refractivity contribution in [3.05, 3.63) is 42.1 Å². The van der Waals surface area contributed by atoms with E-state index in [1.807, 2.05) is 40.7 Å². The number of pyridine rings is 1. The first-order valence-electron chi connectivity index (χ1n) is 11.7. The van der Waals surface area contributed by atoms with Crippen molar-refractivity contribution in [2.45, 2.75) is 64.8 Å². The minimum Gasteiger partial charge on any atom is -0.491 e. The van der Waals surface area contributed by atoms with Gasteiger partial charge in [0.1, 0.15) is 17.1 Å². The van der Waals surface area contributed by atoms with Crippen LogP contribution in [0.1, 0.15) is 81.0 Å². The number of fused-ring (bicyclic) bond motifs is 1. The first kappa shape index (κ1) is 22.3. The lowest BCUT2D eigenvalue weighted by molar-refractivity contribution is 0.0846. The van der Waals surface area contributed by atoms with E-state index in [-0.39, 0.29) is 5.91 Å². The van der Waals surface area contributed by atoms with Gasteiger partial charge in [0.05, 0.1) is 18.3 Å². The number of nitrogens with one attached hydrogen (secondary N) is 1. The zero-order valence-corrected chi connectivity index (χ0v) is 19.2. The lowest BCUT2D eigenvalue weighted by Gasteiger charge is -2.19. The van der Waals surface area contributed by atoms with Crippen LogP contribution in [-0.2, 0) is 4.74 Å². The summed E-state index contributed by atoms with van der Waals surface area (Å²) >= 11 is 0. The molecule has 3 aromatic heterocycles. The topological polar surface area (TPSA) is 82.7 Å². The highest BCUT2D eigenvalue weighted by atomic mass is 16.5. The van der Waals surface area contributed by atoms with Crippen molar-refractivity contribution in [1.29, 1.82) is 0 Å². The van der Waals surface area contributed by atoms with Crippen molar-refractivity contribution in [3.63, 3.8) is 0 Å². The molecule has 4 heterocycles. The highest BCUT2D eigenvalue weighted by molar-refractivity contribution is 6.03. The maximum atomic E-state index is 13.0. The van der Waals surface area contributed by atoms with Crippen LogP contribution in [-0.4, -0.2) is 44.9 Å². The van der Waals surface area contributed by atoms with Gasteiger partial charge in [-0.1, -0.05) is 20.3 Å². The number of carbonyl (C=O) groups excluding carboxylic acids is 1. The molecule has 1 saturated heterocycles. The fourth-order valence-corrected chi connectivity index (χ4v) is 4.30. The van der Waals surface area contributed by atoms with Crippen LogP contribution < -0.4 is 10.1 Å². The fourth-order valence-electron chi connectivity index (χ4n) is 4.30. The third kappa shape index (κ3) is 4.80. The standard InChI is InChI=1S/C24H33N5O3/c1-4-7-18(5-2)29-11-8-19(27-29)24(30)26-21-16-28-15-20(17-9-12-31-13-10-17)25-23(28)14-22(21)32-6-3/h8,11,14-18H,4-7,9-10,12-13H2,1-3H3,(H,26,30). The number of carbonyl (C=O) groups is 1. The zero-order valence-electron chi connectivity index (χ0n) is 19.2. The molecule has 1 unspecified atom stereocenters. The second-order valence-corrected chi connectivity index (χ2v) is 8.29. The van der Waals surface area contributed by atoms with E-state index >= 15 is 0 Å². The van der Waals surface area contributed by atoms with Gasteiger partial charge in [-0.15, -0.1) is 0 Å². The molecule has 8 nitrogen and oxygen atoms in total. The monoisotopic (exact) mass is 439 g/mol. The average Bonchev–Trinajstić information content (AvgIpc) is 3.46. The van der Waals surface area contributed by atoms with Gasteiger partial charge in [-0.25, -0.2) is 4.98 Å². The van der Waals surface area contributed by atoms with Crippen LogP contribution in [0.25, 0.3) is 5.65 Å². The minimum atomic E-state index is -0.250. The van der Waals surface area contributed by atoms with Crippen molar-refractivity contribution >= 4 is 17.2 Å². The van der Waals surface area contributed by atoms with Gasteiger partial charge in [0, 0.05) is 43.8 Å². The summed E-state index contributed by atoms with van der Waals surface area (Å²) in [5, 5.41) is 7.52. The first-order chi connectivity index (χ1) is 15.6. The van der Waals surface area contributed by atoms with Crippen LogP contribution in [0.4, 0.5) is 5.69 Å². The number of anilines is 1. The third-order valence-electron chi connectivity index (χ3n) is 6.07. The molecule has 8 heteroatoms. The third-order valence-corrected chi connectivity index (χ3v) is 6.07. The second kappa shape index (κ2) is 10.2. The van der Waals surface area contributed by atoms with Gasteiger partial charge in [0.2, 0.25) is 0 Å². The number of aromatic nitrogens is 4. The molecule has 3 aromatic rings. The summed E-state index contributed by atoms with van der Waals surface area (Å²) < 4.78 is 15.2. The van der Waals surface area contributed by atoms with Crippen molar-refractivity contribution in [3.8, 4) is 5.75 Å². The molecule has 1 aliphatic heterocycles. The van der Waals surface area contributed by atoms with Gasteiger partial charge in [-0.05, 0) is 38.7 Å². The summed E-state index contributed by atoms with van der Waals surface area (Å²) in [7, 11) is 0. The summed E-state index contributed by atoms with van der Waals surface area (Å²) in [5.74, 6) is 0.755. The van der Waals surface area contributed by atoms with Crippen LogP contribution in [0, 0.1) is 0 Å². The smallest absolute Gasteiger partial charge is 0.276 e. The Morgan fingerprint density at radius 3 is 2.81 bits per heavy atom. The van der Waals surface area contributed by atoms with E-state index in [0.29, 0.717) is 35.7 Å². The first-order valence-corrected chi connectivity index (χ1v) is 11.7. The Kier molecular flexibility index (Phi) is 7.09. The maximum Gasteiger partial charge on any atom is 0.276 e. The minimum absolute atomic E-state index is 0.250. The summed E-state index contributed by atoms with van der Waals surface area (Å²) in [6.45, 7) is 8.27. The molecule has 1 aliphatic rings. The quantitative estimate of drug-likeness (QED) is 0.516. The number of amides is 1. The molecule has 0 aliphatic carbocycles. The highest BCUT2D eigenvalue weighted by Gasteiger charge is 2.21. The maximum absolute atomic E-state index is 13.0. The molecule has 172 valence electrons. The summed E-state index contributed by atoms with van der Waals surface area (Å²) in [4.78, 5) is 17.8. The highest BCUT2D eigenvalue weighted by Crippen LogP contribution is 2.31. The van der Waals surface area contributed by atoms with E-state index in [0.717, 1.165) is 56.7 Å². The van der Waals surface area contributed by atoms with E-state index in [9.17, 15) is 4.79 Å². The molecule has 1 N–H and O–H groups in total. The SMILES string of the molecule is CCCC(CC)n1ccc(C(=O)Nc2cn3cc(C4CCOCC4)nc3cc2OCC)n1. The molecule has 0 spiro atoms. The number of ether oxygens (including phenoxy) is 2. The fraction of sp³-hybridized carbons (Fsp3) is 0.542. The van der Waals surface area contributed by atoms with Crippen molar-refractivity contribution < 1.29 is 14.3 Å². The number of imidazole rings is 1. The molecule has 0 bridgehead atoms. The van der Waals surface area contributed by atoms with Crippen LogP contribution in [0.5, 0.6) is 5.75 Å². The Bertz CT molecular complexity index is 1050. The number of rotatable bonds is 9. The zero-order chi connectivity index (χ0) is 22.5. The van der Waals surface area contributed by atoms with E-state index in [4.69, 9.17) is 14.5 Å². The van der Waals surface area contributed by atoms with Crippen LogP contribution in [0.3, 0.4) is 0 Å². The molecule has 0 saturated carbocycles. The van der Waals surface area contributed by atoms with Gasteiger partial charge < -0.3 is 19.2 Å². The second-order valence-electron chi connectivity index (χ2n) is 8.29. The van der Waals surface area contributed by atoms with Crippen molar-refractivity contribution in [2.24, 2.45) is 0 Å². The van der Waals surface area contributed by atoms with E-state index in [2.05, 4.69) is 24.3 Å². The Morgan fingerprint density at radius 1 is 1.28 bits per heavy atom. The Balaban J connectivity index is 1.57. The molecular formula is C24H33N5O3. The van der Waals surface area contributed by atoms with Crippen LogP contribution in [0.15, 0.2) is 30.7 Å². The summed E-state index contributed by atoms with van der Waals surface area (Å²) in [5.41, 5.74) is 2.87. The summed E-state index contributed by atoms with van der Waals surface area (Å²) in [6.07, 6.45) is 10.9. The largest absolute Gasteiger partial charge is 0.491 e. The van der Waals surface area contributed by atoms with E-state index in [1.54, 1.807) is 6.07 Å². The van der Waals surface area contributed by atoms with Gasteiger partial charge in [0.15, 0.2) is 5.69 Å². The van der Waals surface area contributed by atoms with Gasteiger partial charge in [-0.2, -0.15) is 5.10 Å². The van der Waals surface area contributed by atoms with Gasteiger partial charge in [-0.3, -0.25) is 9.48 Å². The predicted octanol–water partition coefficient (Wildman–Crippen LogP) is 4.83. The molecule has 1 fully saturated rings. The molecule has 4 rings (SSSR count). The van der Waals surface area contributed by atoms with Crippen LogP contribution >= 0.6 is 0 Å². The van der Waals surface area contributed by atoms with Crippen LogP contribution in [0.2, 0.25) is 0 Å². The molecule has 1 atom stereocenters. The molecule has 0 aromatic carbocycles. The van der Waals surface area contributed by atoms with E-state index in [1.165, 1.54) is 0 Å². The normalized spacial score (nSPS) is 15.7. The lowest BCUT2D eigenvalue weighted by Crippen LogP contribution is -2.16. The number of hydrogen-bond donors (Lipinski definition) is 1. The Hall–Kier alpha value is -2.87. The van der Waals surface area contributed by atoms with Gasteiger partial charge >= 0.3 is 0 Å². The number of hydrogen-bond acceptors (Lipinski definition) is 5. The molecular weight excluding hydrogens is 406 g/mol. The Morgan fingerprint density at radius 2 is 2.09 bits per heavy atom. The summed E-state index contributed by atoms with van der Waals surface area (Å²) in [6, 6.07) is 3.97. The van der Waals surface area contributed by atoms with Gasteiger partial charge in [0.25, 0.3) is 5.91 Å². The Labute approximate surface area is 188 Å². The van der Waals surface area contributed by atoms with Crippen molar-refractivity contribution in [1.82, 2.24) is 19.2 Å². The number of nitrogens with zero attached hydrogens (tertiary/aromatic N) is 4. The van der Waals surface area contributed by atoms with E-state index < -0.39 is 0 Å². The lowest BCUT2D eigenvalue weighted by atomic mass is 9.97. The average molecular weight is 440 g/mol. The molecule has 32 heavy (non-hydrogen) atoms. The molecule has 0 radical (unpaired) electrons. The predicted molar refractivity (Wildman–Crippen MR) is 124 cm³/mol.